The number of rotatable bonds is 3. The zero-order valence-electron chi connectivity index (χ0n) is 14.4. The predicted molar refractivity (Wildman–Crippen MR) is 92.8 cm³/mol. The molecule has 1 amide bonds. The summed E-state index contributed by atoms with van der Waals surface area (Å²) in [5, 5.41) is 4.27. The van der Waals surface area contributed by atoms with E-state index in [2.05, 4.69) is 49.8 Å². The summed E-state index contributed by atoms with van der Waals surface area (Å²) in [6, 6.07) is 8.61. The molecule has 4 nitrogen and oxygen atoms in total. The number of benzene rings is 1. The van der Waals surface area contributed by atoms with Gasteiger partial charge in [-0.05, 0) is 64.8 Å². The summed E-state index contributed by atoms with van der Waals surface area (Å²) < 4.78 is 7.93. The highest BCUT2D eigenvalue weighted by atomic mass is 16.5. The zero-order valence-corrected chi connectivity index (χ0v) is 14.4. The monoisotopic (exact) mass is 314 g/mol. The van der Waals surface area contributed by atoms with E-state index in [-0.39, 0.29) is 17.6 Å². The van der Waals surface area contributed by atoms with Gasteiger partial charge in [-0.3, -0.25) is 4.79 Å². The number of aromatic nitrogens is 1. The number of fused-ring (bicyclic) bond motifs is 1. The summed E-state index contributed by atoms with van der Waals surface area (Å²) in [7, 11) is 0. The highest BCUT2D eigenvalue weighted by Gasteiger charge is 2.29. The van der Waals surface area contributed by atoms with E-state index in [9.17, 15) is 4.79 Å². The Balaban J connectivity index is 1.76. The minimum absolute atomic E-state index is 0.00639. The Kier molecular flexibility index (Phi) is 4.19. The average Bonchev–Trinajstić information content (AvgIpc) is 2.89. The molecular formula is C19H26N2O2. The van der Waals surface area contributed by atoms with Crippen LogP contribution >= 0.6 is 0 Å². The van der Waals surface area contributed by atoms with E-state index in [1.807, 2.05) is 18.2 Å². The first-order chi connectivity index (χ1) is 10.9. The Hall–Kier alpha value is -1.81. The highest BCUT2D eigenvalue weighted by Crippen LogP contribution is 2.25. The molecule has 1 unspecified atom stereocenters. The highest BCUT2D eigenvalue weighted by molar-refractivity contribution is 5.98. The molecule has 4 heteroatoms. The lowest BCUT2D eigenvalue weighted by molar-refractivity contribution is -0.0615. The number of hydrogen-bond acceptors (Lipinski definition) is 2. The van der Waals surface area contributed by atoms with E-state index < -0.39 is 0 Å². The smallest absolute Gasteiger partial charge is 0.251 e. The van der Waals surface area contributed by atoms with E-state index in [0.717, 1.165) is 23.8 Å². The van der Waals surface area contributed by atoms with E-state index >= 15 is 0 Å². The van der Waals surface area contributed by atoms with Gasteiger partial charge in [-0.15, -0.1) is 0 Å². The normalized spacial score (nSPS) is 20.8. The van der Waals surface area contributed by atoms with Crippen LogP contribution in [0.15, 0.2) is 30.5 Å². The van der Waals surface area contributed by atoms with Crippen LogP contribution < -0.4 is 5.32 Å². The van der Waals surface area contributed by atoms with Crippen LogP contribution in [0, 0.1) is 0 Å². The standard InChI is InChI=1S/C19H26N2O2/c1-13(2)21-9-7-14-11-15(5-6-17(14)21)18(22)20-16-8-10-23-19(3,4)12-16/h5-7,9,11,13,16H,8,10,12H2,1-4H3,(H,20,22). The van der Waals surface area contributed by atoms with Gasteiger partial charge in [0, 0.05) is 41.4 Å². The molecule has 1 saturated heterocycles. The van der Waals surface area contributed by atoms with Crippen molar-refractivity contribution in [3.63, 3.8) is 0 Å². The quantitative estimate of drug-likeness (QED) is 0.933. The van der Waals surface area contributed by atoms with Crippen LogP contribution in [-0.2, 0) is 4.74 Å². The molecule has 2 heterocycles. The largest absolute Gasteiger partial charge is 0.375 e. The maximum absolute atomic E-state index is 12.5. The maximum atomic E-state index is 12.5. The minimum atomic E-state index is -0.158. The topological polar surface area (TPSA) is 43.3 Å². The van der Waals surface area contributed by atoms with E-state index in [1.165, 1.54) is 5.52 Å². The third kappa shape index (κ3) is 3.42. The Bertz CT molecular complexity index is 715. The van der Waals surface area contributed by atoms with Crippen LogP contribution in [-0.4, -0.2) is 28.7 Å². The lowest BCUT2D eigenvalue weighted by atomic mass is 9.93. The lowest BCUT2D eigenvalue weighted by Gasteiger charge is -2.35. The molecule has 1 fully saturated rings. The Labute approximate surface area is 137 Å². The van der Waals surface area contributed by atoms with Crippen molar-refractivity contribution in [2.45, 2.75) is 58.2 Å². The van der Waals surface area contributed by atoms with Crippen LogP contribution in [0.3, 0.4) is 0 Å². The van der Waals surface area contributed by atoms with Gasteiger partial charge in [0.15, 0.2) is 0 Å². The van der Waals surface area contributed by atoms with Crippen LogP contribution in [0.5, 0.6) is 0 Å². The third-order valence-electron chi connectivity index (χ3n) is 4.57. The second-order valence-electron chi connectivity index (χ2n) is 7.36. The van der Waals surface area contributed by atoms with Gasteiger partial charge in [0.05, 0.1) is 5.60 Å². The molecule has 1 aromatic carbocycles. The fourth-order valence-electron chi connectivity index (χ4n) is 3.38. The molecule has 0 spiro atoms. The van der Waals surface area contributed by atoms with Gasteiger partial charge in [0.25, 0.3) is 5.91 Å². The summed E-state index contributed by atoms with van der Waals surface area (Å²) in [6.45, 7) is 9.17. The number of carbonyl (C=O) groups excluding carboxylic acids is 1. The number of ether oxygens (including phenoxy) is 1. The van der Waals surface area contributed by atoms with Crippen molar-refractivity contribution in [2.24, 2.45) is 0 Å². The van der Waals surface area contributed by atoms with Crippen molar-refractivity contribution in [1.82, 2.24) is 9.88 Å². The van der Waals surface area contributed by atoms with E-state index in [0.29, 0.717) is 12.6 Å². The molecule has 23 heavy (non-hydrogen) atoms. The van der Waals surface area contributed by atoms with Crippen molar-refractivity contribution in [3.05, 3.63) is 36.0 Å². The average molecular weight is 314 g/mol. The summed E-state index contributed by atoms with van der Waals surface area (Å²) >= 11 is 0. The number of nitrogens with zero attached hydrogens (tertiary/aromatic N) is 1. The van der Waals surface area contributed by atoms with Crippen molar-refractivity contribution >= 4 is 16.8 Å². The Morgan fingerprint density at radius 2 is 2.13 bits per heavy atom. The van der Waals surface area contributed by atoms with Gasteiger partial charge in [-0.2, -0.15) is 0 Å². The molecule has 1 aliphatic rings. The molecule has 0 aliphatic carbocycles. The molecule has 0 radical (unpaired) electrons. The third-order valence-corrected chi connectivity index (χ3v) is 4.57. The number of amides is 1. The Morgan fingerprint density at radius 1 is 1.35 bits per heavy atom. The second kappa shape index (κ2) is 6.00. The molecule has 1 N–H and O–H groups in total. The maximum Gasteiger partial charge on any atom is 0.251 e. The lowest BCUT2D eigenvalue weighted by Crippen LogP contribution is -2.45. The number of carbonyl (C=O) groups is 1. The van der Waals surface area contributed by atoms with Crippen molar-refractivity contribution in [1.29, 1.82) is 0 Å². The number of nitrogens with one attached hydrogen (secondary N) is 1. The van der Waals surface area contributed by atoms with Crippen molar-refractivity contribution < 1.29 is 9.53 Å². The molecular weight excluding hydrogens is 288 g/mol. The van der Waals surface area contributed by atoms with Crippen LogP contribution in [0.4, 0.5) is 0 Å². The molecule has 3 rings (SSSR count). The van der Waals surface area contributed by atoms with Crippen molar-refractivity contribution in [3.8, 4) is 0 Å². The first kappa shape index (κ1) is 16.1. The summed E-state index contributed by atoms with van der Waals surface area (Å²) in [5.74, 6) is 0.00639. The van der Waals surface area contributed by atoms with Crippen LogP contribution in [0.1, 0.15) is 56.9 Å². The molecule has 0 bridgehead atoms. The SMILES string of the molecule is CC(C)n1ccc2cc(C(=O)NC3CCOC(C)(C)C3)ccc21. The number of hydrogen-bond donors (Lipinski definition) is 1. The predicted octanol–water partition coefficient (Wildman–Crippen LogP) is 3.91. The first-order valence-corrected chi connectivity index (χ1v) is 8.41. The molecule has 124 valence electrons. The van der Waals surface area contributed by atoms with E-state index in [1.54, 1.807) is 0 Å². The van der Waals surface area contributed by atoms with Gasteiger partial charge < -0.3 is 14.6 Å². The molecule has 1 aromatic heterocycles. The molecule has 0 saturated carbocycles. The van der Waals surface area contributed by atoms with Crippen LogP contribution in [0.25, 0.3) is 10.9 Å². The zero-order chi connectivity index (χ0) is 16.6. The van der Waals surface area contributed by atoms with Gasteiger partial charge in [-0.1, -0.05) is 0 Å². The molecule has 1 atom stereocenters. The van der Waals surface area contributed by atoms with Gasteiger partial charge in [0.2, 0.25) is 0 Å². The second-order valence-corrected chi connectivity index (χ2v) is 7.36. The van der Waals surface area contributed by atoms with Gasteiger partial charge in [-0.25, -0.2) is 0 Å². The summed E-state index contributed by atoms with van der Waals surface area (Å²) in [4.78, 5) is 12.5. The minimum Gasteiger partial charge on any atom is -0.375 e. The van der Waals surface area contributed by atoms with E-state index in [4.69, 9.17) is 4.74 Å². The van der Waals surface area contributed by atoms with Gasteiger partial charge >= 0.3 is 0 Å². The fraction of sp³-hybridized carbons (Fsp3) is 0.526. The van der Waals surface area contributed by atoms with Crippen LogP contribution in [0.2, 0.25) is 0 Å². The van der Waals surface area contributed by atoms with Crippen molar-refractivity contribution in [2.75, 3.05) is 6.61 Å². The first-order valence-electron chi connectivity index (χ1n) is 8.41. The summed E-state index contributed by atoms with van der Waals surface area (Å²) in [5.41, 5.74) is 1.74. The molecule has 2 aromatic rings. The Morgan fingerprint density at radius 3 is 2.83 bits per heavy atom. The molecule has 1 aliphatic heterocycles. The fourth-order valence-corrected chi connectivity index (χ4v) is 3.38. The summed E-state index contributed by atoms with van der Waals surface area (Å²) in [6.07, 6.45) is 3.81. The van der Waals surface area contributed by atoms with Gasteiger partial charge in [0.1, 0.15) is 0 Å².